The Balaban J connectivity index is 1.83. The van der Waals surface area contributed by atoms with E-state index >= 15 is 0 Å². The van der Waals surface area contributed by atoms with Gasteiger partial charge in [0.1, 0.15) is 5.60 Å². The van der Waals surface area contributed by atoms with Gasteiger partial charge in [-0.3, -0.25) is 14.4 Å². The molecule has 1 heterocycles. The number of carboxylic acids is 1. The van der Waals surface area contributed by atoms with Crippen LogP contribution in [0.2, 0.25) is 0 Å². The number of thiophene rings is 1. The van der Waals surface area contributed by atoms with Gasteiger partial charge in [-0.25, -0.2) is 4.79 Å². The second kappa shape index (κ2) is 12.0. The van der Waals surface area contributed by atoms with Gasteiger partial charge in [-0.1, -0.05) is 30.3 Å². The highest BCUT2D eigenvalue weighted by molar-refractivity contribution is 7.15. The first-order chi connectivity index (χ1) is 15.5. The summed E-state index contributed by atoms with van der Waals surface area (Å²) in [5.74, 6) is -1.81. The average Bonchev–Trinajstić information content (AvgIpc) is 3.22. The zero-order valence-corrected chi connectivity index (χ0v) is 19.7. The first-order valence-electron chi connectivity index (χ1n) is 10.5. The minimum absolute atomic E-state index is 0.258. The molecule has 0 aliphatic rings. The Morgan fingerprint density at radius 2 is 1.55 bits per heavy atom. The van der Waals surface area contributed by atoms with Crippen LogP contribution in [-0.4, -0.2) is 47.7 Å². The van der Waals surface area contributed by atoms with Crippen LogP contribution in [0.15, 0.2) is 42.5 Å². The van der Waals surface area contributed by atoms with Gasteiger partial charge in [0, 0.05) is 13.1 Å². The maximum absolute atomic E-state index is 12.6. The van der Waals surface area contributed by atoms with Crippen LogP contribution in [0.5, 0.6) is 0 Å². The van der Waals surface area contributed by atoms with Gasteiger partial charge >= 0.3 is 12.1 Å². The van der Waals surface area contributed by atoms with Gasteiger partial charge in [-0.15, -0.1) is 11.3 Å². The highest BCUT2D eigenvalue weighted by Crippen LogP contribution is 2.21. The molecule has 4 N–H and O–H groups in total. The predicted molar refractivity (Wildman–Crippen MR) is 124 cm³/mol. The van der Waals surface area contributed by atoms with Crippen molar-refractivity contribution in [3.63, 3.8) is 0 Å². The number of carbonyl (C=O) groups excluding carboxylic acids is 3. The normalized spacial score (nSPS) is 11.8. The standard InChI is InChI=1S/C23H29N3O6S/c1-23(2,3)32-22(31)25-13-7-12-24-20(29)17-10-11-18(33-17)21(30)26-16(14-19(27)28)15-8-5-4-6-9-15/h4-6,8-11,16H,7,12-14H2,1-3H3,(H,24,29)(H,25,31)(H,26,30)(H,27,28). The number of ether oxygens (including phenoxy) is 1. The Kier molecular flexibility index (Phi) is 9.41. The van der Waals surface area contributed by atoms with Gasteiger partial charge in [0.15, 0.2) is 0 Å². The fourth-order valence-corrected chi connectivity index (χ4v) is 3.63. The molecular formula is C23H29N3O6S. The lowest BCUT2D eigenvalue weighted by Crippen LogP contribution is -2.34. The van der Waals surface area contributed by atoms with E-state index in [4.69, 9.17) is 4.74 Å². The molecule has 1 unspecified atom stereocenters. The van der Waals surface area contributed by atoms with Crippen molar-refractivity contribution in [1.82, 2.24) is 16.0 Å². The molecule has 10 heteroatoms. The Morgan fingerprint density at radius 1 is 0.939 bits per heavy atom. The second-order valence-corrected chi connectivity index (χ2v) is 9.32. The number of benzene rings is 1. The fraction of sp³-hybridized carbons (Fsp3) is 0.391. The van der Waals surface area contributed by atoms with Crippen LogP contribution in [0.3, 0.4) is 0 Å². The molecule has 3 amide bonds. The number of rotatable bonds is 10. The number of hydrogen-bond acceptors (Lipinski definition) is 6. The van der Waals surface area contributed by atoms with Crippen molar-refractivity contribution in [2.24, 2.45) is 0 Å². The lowest BCUT2D eigenvalue weighted by molar-refractivity contribution is -0.137. The number of carboxylic acid groups (broad SMARTS) is 1. The molecular weight excluding hydrogens is 446 g/mol. The maximum Gasteiger partial charge on any atom is 0.407 e. The molecule has 2 aromatic rings. The SMILES string of the molecule is CC(C)(C)OC(=O)NCCCNC(=O)c1ccc(C(=O)NC(CC(=O)O)c2ccccc2)s1. The largest absolute Gasteiger partial charge is 0.481 e. The third kappa shape index (κ3) is 9.32. The summed E-state index contributed by atoms with van der Waals surface area (Å²) in [7, 11) is 0. The first kappa shape index (κ1) is 25.9. The Hall–Kier alpha value is -3.40. The molecule has 0 saturated heterocycles. The molecule has 9 nitrogen and oxygen atoms in total. The van der Waals surface area contributed by atoms with Gasteiger partial charge in [0.05, 0.1) is 22.2 Å². The quantitative estimate of drug-likeness (QED) is 0.390. The zero-order chi connectivity index (χ0) is 24.4. The Bertz CT molecular complexity index is 968. The summed E-state index contributed by atoms with van der Waals surface area (Å²) in [6.45, 7) is 6.00. The third-order valence-corrected chi connectivity index (χ3v) is 5.33. The molecule has 0 bridgehead atoms. The zero-order valence-electron chi connectivity index (χ0n) is 18.8. The summed E-state index contributed by atoms with van der Waals surface area (Å²) in [6.07, 6.45) is -0.261. The first-order valence-corrected chi connectivity index (χ1v) is 11.3. The van der Waals surface area contributed by atoms with E-state index in [1.54, 1.807) is 57.2 Å². The van der Waals surface area contributed by atoms with Crippen LogP contribution in [0.1, 0.15) is 64.6 Å². The molecule has 1 aromatic heterocycles. The summed E-state index contributed by atoms with van der Waals surface area (Å²) in [5.41, 5.74) is 0.110. The molecule has 0 spiro atoms. The van der Waals surface area contributed by atoms with Crippen LogP contribution in [0.25, 0.3) is 0 Å². The lowest BCUT2D eigenvalue weighted by atomic mass is 10.0. The highest BCUT2D eigenvalue weighted by Gasteiger charge is 2.21. The van der Waals surface area contributed by atoms with Crippen molar-refractivity contribution in [3.8, 4) is 0 Å². The second-order valence-electron chi connectivity index (χ2n) is 8.24. The summed E-state index contributed by atoms with van der Waals surface area (Å²) >= 11 is 1.02. The molecule has 2 rings (SSSR count). The summed E-state index contributed by atoms with van der Waals surface area (Å²) in [6, 6.07) is 11.2. The van der Waals surface area contributed by atoms with Crippen molar-refractivity contribution >= 4 is 35.2 Å². The van der Waals surface area contributed by atoms with E-state index in [1.807, 2.05) is 0 Å². The Labute approximate surface area is 196 Å². The van der Waals surface area contributed by atoms with Crippen molar-refractivity contribution in [3.05, 3.63) is 57.8 Å². The van der Waals surface area contributed by atoms with Gasteiger partial charge in [0.2, 0.25) is 0 Å². The van der Waals surface area contributed by atoms with Crippen molar-refractivity contribution in [2.75, 3.05) is 13.1 Å². The number of alkyl carbamates (subject to hydrolysis) is 1. The lowest BCUT2D eigenvalue weighted by Gasteiger charge is -2.19. The summed E-state index contributed by atoms with van der Waals surface area (Å²) in [5, 5.41) is 17.2. The van der Waals surface area contributed by atoms with Crippen LogP contribution < -0.4 is 16.0 Å². The van der Waals surface area contributed by atoms with Gasteiger partial charge in [-0.2, -0.15) is 0 Å². The van der Waals surface area contributed by atoms with Crippen LogP contribution in [0.4, 0.5) is 4.79 Å². The average molecular weight is 476 g/mol. The van der Waals surface area contributed by atoms with Crippen molar-refractivity contribution < 1.29 is 29.0 Å². The highest BCUT2D eigenvalue weighted by atomic mass is 32.1. The number of hydrogen-bond donors (Lipinski definition) is 4. The van der Waals surface area contributed by atoms with E-state index in [9.17, 15) is 24.3 Å². The maximum atomic E-state index is 12.6. The van der Waals surface area contributed by atoms with Crippen LogP contribution in [0, 0.1) is 0 Å². The molecule has 0 radical (unpaired) electrons. The monoisotopic (exact) mass is 475 g/mol. The molecule has 33 heavy (non-hydrogen) atoms. The molecule has 0 aliphatic carbocycles. The van der Waals surface area contributed by atoms with Crippen molar-refractivity contribution in [1.29, 1.82) is 0 Å². The van der Waals surface area contributed by atoms with Gasteiger partial charge < -0.3 is 25.8 Å². The van der Waals surface area contributed by atoms with E-state index in [0.29, 0.717) is 34.8 Å². The van der Waals surface area contributed by atoms with Gasteiger partial charge in [0.25, 0.3) is 11.8 Å². The molecule has 1 atom stereocenters. The van der Waals surface area contributed by atoms with Gasteiger partial charge in [-0.05, 0) is 44.9 Å². The third-order valence-electron chi connectivity index (χ3n) is 4.25. The van der Waals surface area contributed by atoms with E-state index in [0.717, 1.165) is 11.3 Å². The molecule has 178 valence electrons. The number of carbonyl (C=O) groups is 4. The van der Waals surface area contributed by atoms with E-state index in [2.05, 4.69) is 16.0 Å². The molecule has 0 aliphatic heterocycles. The Morgan fingerprint density at radius 3 is 2.15 bits per heavy atom. The summed E-state index contributed by atoms with van der Waals surface area (Å²) < 4.78 is 5.13. The van der Waals surface area contributed by atoms with Crippen molar-refractivity contribution in [2.45, 2.75) is 45.3 Å². The molecule has 0 fully saturated rings. The summed E-state index contributed by atoms with van der Waals surface area (Å²) in [4.78, 5) is 48.4. The topological polar surface area (TPSA) is 134 Å². The smallest absolute Gasteiger partial charge is 0.407 e. The van der Waals surface area contributed by atoms with E-state index < -0.39 is 29.6 Å². The van der Waals surface area contributed by atoms with E-state index in [1.165, 1.54) is 6.07 Å². The minimum atomic E-state index is -1.03. The minimum Gasteiger partial charge on any atom is -0.481 e. The number of nitrogens with one attached hydrogen (secondary N) is 3. The predicted octanol–water partition coefficient (Wildman–Crippen LogP) is 3.34. The van der Waals surface area contributed by atoms with Crippen LogP contribution >= 0.6 is 11.3 Å². The van der Waals surface area contributed by atoms with Crippen LogP contribution in [-0.2, 0) is 9.53 Å². The molecule has 0 saturated carbocycles. The van der Waals surface area contributed by atoms with E-state index in [-0.39, 0.29) is 12.3 Å². The fourth-order valence-electron chi connectivity index (χ4n) is 2.81. The number of aliphatic carboxylic acids is 1. The molecule has 1 aromatic carbocycles. The number of amides is 3.